The second-order valence-corrected chi connectivity index (χ2v) is 6.95. The summed E-state index contributed by atoms with van der Waals surface area (Å²) in [7, 11) is 0. The fraction of sp³-hybridized carbons (Fsp3) is 0.167. The summed E-state index contributed by atoms with van der Waals surface area (Å²) in [5.41, 5.74) is 6.38. The highest BCUT2D eigenvalue weighted by Crippen LogP contribution is 2.22. The zero-order valence-electron chi connectivity index (χ0n) is 16.6. The summed E-state index contributed by atoms with van der Waals surface area (Å²) in [5.74, 6) is -0.610. The van der Waals surface area contributed by atoms with Crippen LogP contribution in [0.25, 0.3) is 0 Å². The topological polar surface area (TPSA) is 58.2 Å². The fourth-order valence-corrected chi connectivity index (χ4v) is 3.03. The third kappa shape index (κ3) is 3.96. The highest BCUT2D eigenvalue weighted by molar-refractivity contribution is 6.15. The number of aryl methyl sites for hydroxylation is 2. The number of hydrogen-bond donors (Lipinski definition) is 2. The molecule has 0 atom stereocenters. The van der Waals surface area contributed by atoms with Crippen LogP contribution in [0, 0.1) is 27.7 Å². The number of amides is 2. The van der Waals surface area contributed by atoms with Gasteiger partial charge in [0.25, 0.3) is 11.8 Å². The van der Waals surface area contributed by atoms with Gasteiger partial charge in [0.05, 0.1) is 11.1 Å². The molecule has 0 aromatic heterocycles. The first-order valence-corrected chi connectivity index (χ1v) is 9.22. The molecule has 3 aromatic carbocycles. The van der Waals surface area contributed by atoms with E-state index in [1.807, 2.05) is 64.1 Å². The third-order valence-electron chi connectivity index (χ3n) is 5.12. The van der Waals surface area contributed by atoms with Gasteiger partial charge in [-0.3, -0.25) is 9.59 Å². The van der Waals surface area contributed by atoms with Crippen molar-refractivity contribution < 1.29 is 9.59 Å². The Morgan fingerprint density at radius 2 is 0.964 bits per heavy atom. The van der Waals surface area contributed by atoms with Crippen molar-refractivity contribution in [1.82, 2.24) is 0 Å². The molecule has 0 fully saturated rings. The van der Waals surface area contributed by atoms with Gasteiger partial charge in [0, 0.05) is 11.4 Å². The number of carbonyl (C=O) groups is 2. The molecule has 0 spiro atoms. The Hall–Kier alpha value is -3.40. The number of nitrogens with one attached hydrogen (secondary N) is 2. The molecule has 0 heterocycles. The van der Waals surface area contributed by atoms with E-state index in [2.05, 4.69) is 10.6 Å². The van der Waals surface area contributed by atoms with E-state index in [1.54, 1.807) is 24.3 Å². The molecular weight excluding hydrogens is 348 g/mol. The van der Waals surface area contributed by atoms with Crippen molar-refractivity contribution in [1.29, 1.82) is 0 Å². The minimum Gasteiger partial charge on any atom is -0.322 e. The summed E-state index contributed by atoms with van der Waals surface area (Å²) in [6.45, 7) is 7.92. The van der Waals surface area contributed by atoms with Crippen molar-refractivity contribution in [3.63, 3.8) is 0 Å². The van der Waals surface area contributed by atoms with Crippen LogP contribution in [0.5, 0.6) is 0 Å². The minimum absolute atomic E-state index is 0.305. The molecule has 0 radical (unpaired) electrons. The average molecular weight is 372 g/mol. The number of anilines is 2. The van der Waals surface area contributed by atoms with Gasteiger partial charge in [0.1, 0.15) is 0 Å². The van der Waals surface area contributed by atoms with Crippen LogP contribution in [0.15, 0.2) is 60.7 Å². The largest absolute Gasteiger partial charge is 0.322 e. The molecule has 3 rings (SSSR count). The van der Waals surface area contributed by atoms with Gasteiger partial charge < -0.3 is 10.6 Å². The summed E-state index contributed by atoms with van der Waals surface area (Å²) >= 11 is 0. The zero-order valence-corrected chi connectivity index (χ0v) is 16.6. The van der Waals surface area contributed by atoms with Crippen LogP contribution in [0.3, 0.4) is 0 Å². The Morgan fingerprint density at radius 1 is 0.571 bits per heavy atom. The van der Waals surface area contributed by atoms with Crippen molar-refractivity contribution >= 4 is 23.2 Å². The van der Waals surface area contributed by atoms with Gasteiger partial charge in [0.15, 0.2) is 0 Å². The van der Waals surface area contributed by atoms with Crippen LogP contribution < -0.4 is 10.6 Å². The fourth-order valence-electron chi connectivity index (χ4n) is 3.03. The van der Waals surface area contributed by atoms with Gasteiger partial charge in [-0.1, -0.05) is 36.4 Å². The maximum absolute atomic E-state index is 12.9. The van der Waals surface area contributed by atoms with Gasteiger partial charge in [-0.05, 0) is 74.2 Å². The quantitative estimate of drug-likeness (QED) is 0.642. The summed E-state index contributed by atoms with van der Waals surface area (Å²) < 4.78 is 0. The lowest BCUT2D eigenvalue weighted by Gasteiger charge is -2.14. The molecule has 0 aliphatic heterocycles. The van der Waals surface area contributed by atoms with Gasteiger partial charge in [-0.25, -0.2) is 0 Å². The Balaban J connectivity index is 1.88. The van der Waals surface area contributed by atoms with Gasteiger partial charge in [0.2, 0.25) is 0 Å². The first-order valence-electron chi connectivity index (χ1n) is 9.22. The first-order chi connectivity index (χ1) is 13.4. The number of benzene rings is 3. The second-order valence-electron chi connectivity index (χ2n) is 6.95. The number of hydrogen-bond acceptors (Lipinski definition) is 2. The molecule has 3 aromatic rings. The molecule has 0 saturated carbocycles. The maximum atomic E-state index is 12.9. The molecular formula is C24H24N2O2. The predicted molar refractivity (Wildman–Crippen MR) is 114 cm³/mol. The molecule has 142 valence electrons. The van der Waals surface area contributed by atoms with Crippen LogP contribution in [0.1, 0.15) is 43.0 Å². The monoisotopic (exact) mass is 372 g/mol. The van der Waals surface area contributed by atoms with Gasteiger partial charge in [-0.2, -0.15) is 0 Å². The van der Waals surface area contributed by atoms with Crippen LogP contribution in [0.2, 0.25) is 0 Å². The molecule has 0 unspecified atom stereocenters. The Bertz CT molecular complexity index is 970. The van der Waals surface area contributed by atoms with E-state index in [0.717, 1.165) is 33.6 Å². The lowest BCUT2D eigenvalue weighted by Crippen LogP contribution is -2.21. The molecule has 0 saturated heterocycles. The van der Waals surface area contributed by atoms with Crippen molar-refractivity contribution in [3.05, 3.63) is 94.0 Å². The Labute approximate surface area is 165 Å². The molecule has 28 heavy (non-hydrogen) atoms. The predicted octanol–water partition coefficient (Wildman–Crippen LogP) is 5.42. The highest BCUT2D eigenvalue weighted by atomic mass is 16.2. The summed E-state index contributed by atoms with van der Waals surface area (Å²) in [5, 5.41) is 5.86. The van der Waals surface area contributed by atoms with Crippen molar-refractivity contribution in [2.24, 2.45) is 0 Å². The van der Waals surface area contributed by atoms with E-state index in [-0.39, 0.29) is 11.8 Å². The molecule has 0 aliphatic carbocycles. The zero-order chi connectivity index (χ0) is 20.3. The van der Waals surface area contributed by atoms with E-state index in [4.69, 9.17) is 0 Å². The second kappa shape index (κ2) is 8.09. The summed E-state index contributed by atoms with van der Waals surface area (Å²) in [4.78, 5) is 25.8. The smallest absolute Gasteiger partial charge is 0.256 e. The van der Waals surface area contributed by atoms with Crippen LogP contribution in [-0.4, -0.2) is 11.8 Å². The lowest BCUT2D eigenvalue weighted by molar-refractivity contribution is 0.0990. The van der Waals surface area contributed by atoms with E-state index in [9.17, 15) is 9.59 Å². The molecule has 0 aliphatic rings. The SMILES string of the molecule is Cc1cccc(NC(=O)c2ccccc2C(=O)Nc2cccc(C)c2C)c1C. The number of carbonyl (C=O) groups excluding carboxylic acids is 2. The first kappa shape index (κ1) is 19.4. The molecule has 0 bridgehead atoms. The molecule has 4 nitrogen and oxygen atoms in total. The minimum atomic E-state index is -0.305. The molecule has 2 N–H and O–H groups in total. The Kier molecular flexibility index (Phi) is 5.59. The highest BCUT2D eigenvalue weighted by Gasteiger charge is 2.18. The van der Waals surface area contributed by atoms with Crippen molar-refractivity contribution in [2.45, 2.75) is 27.7 Å². The summed E-state index contributed by atoms with van der Waals surface area (Å²) in [6.07, 6.45) is 0. The van der Waals surface area contributed by atoms with Crippen LogP contribution in [-0.2, 0) is 0 Å². The maximum Gasteiger partial charge on any atom is 0.256 e. The Morgan fingerprint density at radius 3 is 1.36 bits per heavy atom. The van der Waals surface area contributed by atoms with E-state index >= 15 is 0 Å². The average Bonchev–Trinajstić information content (AvgIpc) is 2.69. The molecule has 4 heteroatoms. The van der Waals surface area contributed by atoms with E-state index in [1.165, 1.54) is 0 Å². The van der Waals surface area contributed by atoms with Gasteiger partial charge in [-0.15, -0.1) is 0 Å². The van der Waals surface area contributed by atoms with E-state index in [0.29, 0.717) is 11.1 Å². The molecule has 2 amide bonds. The van der Waals surface area contributed by atoms with Crippen molar-refractivity contribution in [2.75, 3.05) is 10.6 Å². The summed E-state index contributed by atoms with van der Waals surface area (Å²) in [6, 6.07) is 18.4. The lowest BCUT2D eigenvalue weighted by atomic mass is 10.0. The standard InChI is InChI=1S/C24H24N2O2/c1-15-9-7-13-21(17(15)3)25-23(27)19-11-5-6-12-20(19)24(28)26-22-14-8-10-16(2)18(22)4/h5-14H,1-4H3,(H,25,27)(H,26,28). The van der Waals surface area contributed by atoms with Crippen LogP contribution >= 0.6 is 0 Å². The van der Waals surface area contributed by atoms with E-state index < -0.39 is 0 Å². The third-order valence-corrected chi connectivity index (χ3v) is 5.12. The van der Waals surface area contributed by atoms with Crippen molar-refractivity contribution in [3.8, 4) is 0 Å². The number of rotatable bonds is 4. The van der Waals surface area contributed by atoms with Crippen LogP contribution in [0.4, 0.5) is 11.4 Å². The van der Waals surface area contributed by atoms with Gasteiger partial charge >= 0.3 is 0 Å². The normalized spacial score (nSPS) is 10.4.